The average molecular weight is 265 g/mol. The Hall–Kier alpha value is -0.000000000000000111. The van der Waals surface area contributed by atoms with Crippen LogP contribution in [0.4, 0.5) is 0 Å². The van der Waals surface area contributed by atoms with Crippen LogP contribution in [-0.2, 0) is 5.75 Å². The highest BCUT2D eigenvalue weighted by Gasteiger charge is 2.01. The first-order chi connectivity index (χ1) is 5.74. The molecule has 0 amide bonds. The first-order valence-corrected chi connectivity index (χ1v) is 5.96. The monoisotopic (exact) mass is 264 g/mol. The lowest BCUT2D eigenvalue weighted by molar-refractivity contribution is 1.43. The Labute approximate surface area is 88.4 Å². The topological polar surface area (TPSA) is 38.4 Å². The summed E-state index contributed by atoms with van der Waals surface area (Å²) < 4.78 is 1.16. The van der Waals surface area contributed by atoms with E-state index in [0.717, 1.165) is 10.2 Å². The Morgan fingerprint density at radius 3 is 3.08 bits per heavy atom. The molecule has 5 heteroatoms. The molecule has 0 saturated carbocycles. The second kappa shape index (κ2) is 4.89. The second-order valence-electron chi connectivity index (χ2n) is 2.04. The van der Waals surface area contributed by atoms with Gasteiger partial charge in [0.05, 0.1) is 0 Å². The van der Waals surface area contributed by atoms with Crippen molar-refractivity contribution in [3.8, 4) is 0 Å². The Morgan fingerprint density at radius 1 is 1.83 bits per heavy atom. The average Bonchev–Trinajstić information content (AvgIpc) is 2.47. The molecule has 1 aromatic rings. The highest BCUT2D eigenvalue weighted by atomic mass is 79.9. The Kier molecular flexibility index (Phi) is 4.11. The van der Waals surface area contributed by atoms with Crippen molar-refractivity contribution in [3.05, 3.63) is 20.8 Å². The zero-order valence-electron chi connectivity index (χ0n) is 6.58. The van der Waals surface area contributed by atoms with E-state index < -0.39 is 0 Å². The van der Waals surface area contributed by atoms with Crippen LogP contribution >= 0.6 is 39.0 Å². The zero-order valence-corrected chi connectivity index (χ0v) is 9.80. The Bertz CT molecular complexity index is 283. The molecule has 0 fully saturated rings. The van der Waals surface area contributed by atoms with Gasteiger partial charge in [0.1, 0.15) is 0 Å². The number of rotatable bonds is 2. The summed E-state index contributed by atoms with van der Waals surface area (Å²) in [6.45, 7) is 0. The van der Waals surface area contributed by atoms with Crippen molar-refractivity contribution in [1.82, 2.24) is 0 Å². The van der Waals surface area contributed by atoms with Gasteiger partial charge in [-0.25, -0.2) is 0 Å². The molecular weight excluding hydrogens is 256 g/mol. The quantitative estimate of drug-likeness (QED) is 0.659. The number of nitrogens with two attached hydrogens (primary N) is 1. The summed E-state index contributed by atoms with van der Waals surface area (Å²) >= 11 is 6.73. The number of thiophene rings is 1. The van der Waals surface area contributed by atoms with Crippen molar-refractivity contribution in [3.63, 3.8) is 0 Å². The molecule has 1 aromatic heterocycles. The molecule has 0 aliphatic rings. The summed E-state index contributed by atoms with van der Waals surface area (Å²) in [5, 5.41) is 2.69. The van der Waals surface area contributed by atoms with Crippen LogP contribution in [-0.4, -0.2) is 12.2 Å². The molecule has 2 N–H and O–H groups in total. The lowest BCUT2D eigenvalue weighted by atomic mass is 10.5. The predicted molar refractivity (Wildman–Crippen MR) is 60.9 cm³/mol. The smallest absolute Gasteiger partial charge is 0.153 e. The van der Waals surface area contributed by atoms with Crippen molar-refractivity contribution >= 4 is 44.2 Å². The van der Waals surface area contributed by atoms with Crippen LogP contribution in [0.5, 0.6) is 0 Å². The van der Waals surface area contributed by atoms with Crippen LogP contribution in [0.25, 0.3) is 0 Å². The fourth-order valence-electron chi connectivity index (χ4n) is 0.632. The number of nitrogens with zero attached hydrogens (tertiary/aromatic N) is 1. The molecule has 66 valence electrons. The van der Waals surface area contributed by atoms with E-state index in [-0.39, 0.29) is 0 Å². The summed E-state index contributed by atoms with van der Waals surface area (Å²) in [5.74, 6) is 0.890. The Balaban J connectivity index is 2.49. The first kappa shape index (κ1) is 10.1. The molecule has 0 aliphatic heterocycles. The highest BCUT2D eigenvalue weighted by molar-refractivity contribution is 9.10. The number of aliphatic imine (C=N–C) groups is 1. The lowest BCUT2D eigenvalue weighted by Gasteiger charge is -1.97. The summed E-state index contributed by atoms with van der Waals surface area (Å²) in [6, 6.07) is 2.04. The van der Waals surface area contributed by atoms with Gasteiger partial charge < -0.3 is 5.73 Å². The molecule has 0 aliphatic carbocycles. The van der Waals surface area contributed by atoms with Crippen molar-refractivity contribution in [2.24, 2.45) is 10.7 Å². The van der Waals surface area contributed by atoms with Gasteiger partial charge in [-0.15, -0.1) is 11.3 Å². The molecule has 0 aromatic carbocycles. The molecule has 0 unspecified atom stereocenters. The molecule has 0 radical (unpaired) electrons. The van der Waals surface area contributed by atoms with Gasteiger partial charge in [0, 0.05) is 22.2 Å². The minimum absolute atomic E-state index is 0.635. The molecule has 0 atom stereocenters. The van der Waals surface area contributed by atoms with Gasteiger partial charge in [0.25, 0.3) is 0 Å². The third-order valence-electron chi connectivity index (χ3n) is 1.26. The highest BCUT2D eigenvalue weighted by Crippen LogP contribution is 2.26. The van der Waals surface area contributed by atoms with Gasteiger partial charge in [0.2, 0.25) is 0 Å². The van der Waals surface area contributed by atoms with Gasteiger partial charge in [-0.1, -0.05) is 11.8 Å². The predicted octanol–water partition coefficient (Wildman–Crippen LogP) is 2.69. The lowest BCUT2D eigenvalue weighted by Crippen LogP contribution is -2.05. The van der Waals surface area contributed by atoms with Crippen LogP contribution in [0.3, 0.4) is 0 Å². The molecule has 12 heavy (non-hydrogen) atoms. The van der Waals surface area contributed by atoms with Gasteiger partial charge >= 0.3 is 0 Å². The summed E-state index contributed by atoms with van der Waals surface area (Å²) in [7, 11) is 1.70. The fourth-order valence-corrected chi connectivity index (χ4v) is 3.11. The van der Waals surface area contributed by atoms with E-state index in [9.17, 15) is 0 Å². The van der Waals surface area contributed by atoms with E-state index in [0.29, 0.717) is 5.17 Å². The fraction of sp³-hybridized carbons (Fsp3) is 0.286. The maximum Gasteiger partial charge on any atom is 0.153 e. The van der Waals surface area contributed by atoms with Crippen molar-refractivity contribution in [1.29, 1.82) is 0 Å². The van der Waals surface area contributed by atoms with E-state index in [1.807, 2.05) is 6.07 Å². The van der Waals surface area contributed by atoms with Crippen LogP contribution in [0.15, 0.2) is 20.9 Å². The normalized spacial score (nSPS) is 12.0. The largest absolute Gasteiger partial charge is 0.379 e. The number of hydrogen-bond donors (Lipinski definition) is 1. The molecule has 2 nitrogen and oxygen atoms in total. The van der Waals surface area contributed by atoms with E-state index in [2.05, 4.69) is 26.3 Å². The van der Waals surface area contributed by atoms with Crippen molar-refractivity contribution < 1.29 is 0 Å². The summed E-state index contributed by atoms with van der Waals surface area (Å²) in [5.41, 5.74) is 5.54. The van der Waals surface area contributed by atoms with Crippen LogP contribution in [0.1, 0.15) is 4.88 Å². The number of hydrogen-bond acceptors (Lipinski definition) is 3. The molecule has 1 rings (SSSR count). The van der Waals surface area contributed by atoms with E-state index in [4.69, 9.17) is 5.73 Å². The zero-order chi connectivity index (χ0) is 8.97. The maximum atomic E-state index is 5.54. The molecule has 0 saturated heterocycles. The molecule has 0 spiro atoms. The first-order valence-electron chi connectivity index (χ1n) is 3.31. The number of amidine groups is 1. The van der Waals surface area contributed by atoms with Crippen LogP contribution in [0.2, 0.25) is 0 Å². The third kappa shape index (κ3) is 2.80. The summed E-state index contributed by atoms with van der Waals surface area (Å²) in [4.78, 5) is 5.16. The SMILES string of the molecule is CN=C(N)SCc1sccc1Br. The minimum Gasteiger partial charge on any atom is -0.379 e. The van der Waals surface area contributed by atoms with E-state index in [1.165, 1.54) is 4.88 Å². The Morgan fingerprint density at radius 2 is 2.58 bits per heavy atom. The third-order valence-corrected chi connectivity index (χ3v) is 4.28. The summed E-state index contributed by atoms with van der Waals surface area (Å²) in [6.07, 6.45) is 0. The van der Waals surface area contributed by atoms with Crippen molar-refractivity contribution in [2.75, 3.05) is 7.05 Å². The number of halogens is 1. The second-order valence-corrected chi connectivity index (χ2v) is 4.89. The van der Waals surface area contributed by atoms with Gasteiger partial charge in [-0.05, 0) is 27.4 Å². The van der Waals surface area contributed by atoms with Crippen LogP contribution < -0.4 is 5.73 Å². The van der Waals surface area contributed by atoms with Crippen molar-refractivity contribution in [2.45, 2.75) is 5.75 Å². The molecule has 1 heterocycles. The number of thioether (sulfide) groups is 1. The maximum absolute atomic E-state index is 5.54. The minimum atomic E-state index is 0.635. The van der Waals surface area contributed by atoms with Gasteiger partial charge in [-0.2, -0.15) is 0 Å². The molecular formula is C7H9BrN2S2. The van der Waals surface area contributed by atoms with Gasteiger partial charge in [0.15, 0.2) is 5.17 Å². The van der Waals surface area contributed by atoms with Gasteiger partial charge in [-0.3, -0.25) is 4.99 Å². The standard InChI is InChI=1S/C7H9BrN2S2/c1-10-7(9)12-4-6-5(8)2-3-11-6/h2-3H,4H2,1H3,(H2,9,10). The van der Waals surface area contributed by atoms with E-state index >= 15 is 0 Å². The van der Waals surface area contributed by atoms with E-state index in [1.54, 1.807) is 30.1 Å². The molecule has 0 bridgehead atoms. The van der Waals surface area contributed by atoms with Crippen LogP contribution in [0, 0.1) is 0 Å².